The lowest BCUT2D eigenvalue weighted by Crippen LogP contribution is -2.35. The highest BCUT2D eigenvalue weighted by Crippen LogP contribution is 2.40. The van der Waals surface area contributed by atoms with Gasteiger partial charge in [0, 0.05) is 56.2 Å². The summed E-state index contributed by atoms with van der Waals surface area (Å²) in [7, 11) is 3.48. The molecule has 1 aliphatic rings. The van der Waals surface area contributed by atoms with Crippen LogP contribution >= 0.6 is 0 Å². The van der Waals surface area contributed by atoms with Gasteiger partial charge in [0.2, 0.25) is 5.78 Å². The number of ketones is 1. The summed E-state index contributed by atoms with van der Waals surface area (Å²) in [6, 6.07) is 6.27. The van der Waals surface area contributed by atoms with Crippen LogP contribution in [0.3, 0.4) is 0 Å². The smallest absolute Gasteiger partial charge is 0.414 e. The average Bonchev–Trinajstić information content (AvgIpc) is 3.70. The van der Waals surface area contributed by atoms with Crippen molar-refractivity contribution in [3.05, 3.63) is 60.0 Å². The number of ether oxygens (including phenoxy) is 2. The molecule has 4 heterocycles. The van der Waals surface area contributed by atoms with Crippen LogP contribution in [0.5, 0.6) is 0 Å². The number of amides is 1. The van der Waals surface area contributed by atoms with E-state index in [-0.39, 0.29) is 47.2 Å². The number of pyridine rings is 1. The van der Waals surface area contributed by atoms with Crippen LogP contribution in [0.15, 0.2) is 47.3 Å². The first-order valence-corrected chi connectivity index (χ1v) is 12.9. The fraction of sp³-hybridized carbons (Fsp3) is 0.357. The Hall–Kier alpha value is -4.25. The van der Waals surface area contributed by atoms with E-state index < -0.39 is 17.7 Å². The Labute approximate surface area is 224 Å². The van der Waals surface area contributed by atoms with Crippen molar-refractivity contribution < 1.29 is 27.9 Å². The minimum Gasteiger partial charge on any atom is -0.449 e. The zero-order chi connectivity index (χ0) is 27.5. The van der Waals surface area contributed by atoms with Crippen LogP contribution in [0.25, 0.3) is 22.1 Å². The molecule has 11 heteroatoms. The van der Waals surface area contributed by atoms with E-state index in [4.69, 9.17) is 13.9 Å². The molecule has 0 spiro atoms. The summed E-state index contributed by atoms with van der Waals surface area (Å²) < 4.78 is 34.2. The zero-order valence-corrected chi connectivity index (χ0v) is 22.1. The zero-order valence-electron chi connectivity index (χ0n) is 22.1. The van der Waals surface area contributed by atoms with Gasteiger partial charge in [-0.25, -0.2) is 14.2 Å². The molecule has 0 aliphatic carbocycles. The maximum atomic E-state index is 15.5. The normalized spacial score (nSPS) is 15.0. The van der Waals surface area contributed by atoms with E-state index in [9.17, 15) is 9.59 Å². The number of anilines is 2. The fourth-order valence-electron chi connectivity index (χ4n) is 4.75. The quantitative estimate of drug-likeness (QED) is 0.292. The van der Waals surface area contributed by atoms with Gasteiger partial charge in [0.1, 0.15) is 11.5 Å². The van der Waals surface area contributed by atoms with Crippen LogP contribution in [0.1, 0.15) is 42.3 Å². The molecule has 5 rings (SSSR count). The summed E-state index contributed by atoms with van der Waals surface area (Å²) in [5.41, 5.74) is 1.44. The monoisotopic (exact) mass is 535 g/mol. The minimum atomic E-state index is -0.668. The minimum absolute atomic E-state index is 0.0276. The van der Waals surface area contributed by atoms with Crippen molar-refractivity contribution in [1.82, 2.24) is 14.8 Å². The van der Waals surface area contributed by atoms with Crippen LogP contribution in [-0.4, -0.2) is 59.6 Å². The van der Waals surface area contributed by atoms with E-state index in [1.54, 1.807) is 56.3 Å². The summed E-state index contributed by atoms with van der Waals surface area (Å²) in [6.45, 7) is 2.68. The summed E-state index contributed by atoms with van der Waals surface area (Å²) in [4.78, 5) is 32.6. The molecular weight excluding hydrogens is 505 g/mol. The molecule has 0 bridgehead atoms. The third kappa shape index (κ3) is 5.35. The van der Waals surface area contributed by atoms with Crippen molar-refractivity contribution in [3.8, 4) is 11.1 Å². The summed E-state index contributed by atoms with van der Waals surface area (Å²) in [5.74, 6) is -0.803. The highest BCUT2D eigenvalue weighted by Gasteiger charge is 2.32. The number of fused-ring (bicyclic) bond motifs is 1. The largest absolute Gasteiger partial charge is 0.449 e. The van der Waals surface area contributed by atoms with E-state index in [1.165, 1.54) is 17.2 Å². The van der Waals surface area contributed by atoms with Gasteiger partial charge in [0.15, 0.2) is 17.2 Å². The number of carbonyl (C=O) groups excluding carboxylic acids is 2. The number of hydrogen-bond donors (Lipinski definition) is 1. The molecule has 1 aliphatic heterocycles. The molecular formula is C28H30FN5O5. The maximum absolute atomic E-state index is 15.5. The molecule has 1 saturated heterocycles. The second-order valence-corrected chi connectivity index (χ2v) is 9.30. The van der Waals surface area contributed by atoms with E-state index in [2.05, 4.69) is 15.4 Å². The fourth-order valence-corrected chi connectivity index (χ4v) is 4.75. The average molecular weight is 536 g/mol. The first kappa shape index (κ1) is 26.4. The predicted molar refractivity (Wildman–Crippen MR) is 144 cm³/mol. The molecule has 1 N–H and O–H groups in total. The topological polar surface area (TPSA) is 112 Å². The maximum Gasteiger partial charge on any atom is 0.414 e. The molecule has 1 aromatic carbocycles. The standard InChI is InChI=1S/C28H30FN5O5/c1-4-37-28(36)34(10-9-20-6-5-11-38-20)24-21-12-18(19-15-32-33(3)16-19)13-22(29)26(21)39-27(24)25(35)17-7-8-23(30-2)31-14-17/h7-8,12-16,20H,4-6,9-11H2,1-3H3,(H,30,31). The summed E-state index contributed by atoms with van der Waals surface area (Å²) in [6.07, 6.45) is 6.41. The van der Waals surface area contributed by atoms with Crippen molar-refractivity contribution in [2.75, 3.05) is 37.0 Å². The molecule has 1 atom stereocenters. The Morgan fingerprint density at radius 1 is 1.26 bits per heavy atom. The lowest BCUT2D eigenvalue weighted by molar-refractivity contribution is 0.101. The van der Waals surface area contributed by atoms with Gasteiger partial charge in [-0.2, -0.15) is 5.10 Å². The van der Waals surface area contributed by atoms with E-state index >= 15 is 4.39 Å². The number of benzene rings is 1. The van der Waals surface area contributed by atoms with Crippen molar-refractivity contribution in [2.24, 2.45) is 7.05 Å². The molecule has 3 aromatic heterocycles. The molecule has 204 valence electrons. The highest BCUT2D eigenvalue weighted by molar-refractivity contribution is 6.17. The highest BCUT2D eigenvalue weighted by atomic mass is 19.1. The Morgan fingerprint density at radius 3 is 2.74 bits per heavy atom. The van der Waals surface area contributed by atoms with Crippen molar-refractivity contribution in [2.45, 2.75) is 32.3 Å². The molecule has 1 unspecified atom stereocenters. The number of nitrogens with zero attached hydrogens (tertiary/aromatic N) is 4. The molecule has 10 nitrogen and oxygen atoms in total. The van der Waals surface area contributed by atoms with Gasteiger partial charge < -0.3 is 19.2 Å². The number of hydrogen-bond acceptors (Lipinski definition) is 8. The Balaban J connectivity index is 1.68. The second kappa shape index (κ2) is 11.2. The lowest BCUT2D eigenvalue weighted by atomic mass is 10.0. The van der Waals surface area contributed by atoms with E-state index in [0.29, 0.717) is 30.0 Å². The van der Waals surface area contributed by atoms with Crippen LogP contribution in [0, 0.1) is 5.82 Å². The molecule has 0 radical (unpaired) electrons. The van der Waals surface area contributed by atoms with Gasteiger partial charge in [-0.15, -0.1) is 0 Å². The number of halogens is 1. The number of aromatic nitrogens is 3. The first-order chi connectivity index (χ1) is 18.9. The van der Waals surface area contributed by atoms with Gasteiger partial charge in [-0.1, -0.05) is 0 Å². The number of furan rings is 1. The molecule has 1 amide bonds. The van der Waals surface area contributed by atoms with Gasteiger partial charge >= 0.3 is 6.09 Å². The number of carbonyl (C=O) groups is 2. The van der Waals surface area contributed by atoms with E-state index in [1.807, 2.05) is 0 Å². The predicted octanol–water partition coefficient (Wildman–Crippen LogP) is 5.17. The van der Waals surface area contributed by atoms with Gasteiger partial charge in [0.25, 0.3) is 0 Å². The lowest BCUT2D eigenvalue weighted by Gasteiger charge is -2.23. The van der Waals surface area contributed by atoms with Crippen molar-refractivity contribution in [3.63, 3.8) is 0 Å². The Bertz CT molecular complexity index is 1490. The van der Waals surface area contributed by atoms with Crippen LogP contribution < -0.4 is 10.2 Å². The molecule has 1 fully saturated rings. The summed E-state index contributed by atoms with van der Waals surface area (Å²) >= 11 is 0. The van der Waals surface area contributed by atoms with Crippen molar-refractivity contribution >= 4 is 34.4 Å². The van der Waals surface area contributed by atoms with Crippen molar-refractivity contribution in [1.29, 1.82) is 0 Å². The molecule has 0 saturated carbocycles. The summed E-state index contributed by atoms with van der Waals surface area (Å²) in [5, 5.41) is 7.36. The first-order valence-electron chi connectivity index (χ1n) is 12.9. The Morgan fingerprint density at radius 2 is 2.10 bits per heavy atom. The van der Waals surface area contributed by atoms with Gasteiger partial charge in [-0.3, -0.25) is 14.4 Å². The van der Waals surface area contributed by atoms with Crippen LogP contribution in [0.2, 0.25) is 0 Å². The molecule has 39 heavy (non-hydrogen) atoms. The second-order valence-electron chi connectivity index (χ2n) is 9.30. The van der Waals surface area contributed by atoms with Crippen LogP contribution in [0.4, 0.5) is 20.7 Å². The molecule has 4 aromatic rings. The van der Waals surface area contributed by atoms with Gasteiger partial charge in [0.05, 0.1) is 18.9 Å². The third-order valence-corrected chi connectivity index (χ3v) is 6.70. The Kier molecular flexibility index (Phi) is 7.60. The van der Waals surface area contributed by atoms with E-state index in [0.717, 1.165) is 12.8 Å². The SMILES string of the molecule is CCOC(=O)N(CCC1CCCO1)c1c(C(=O)c2ccc(NC)nc2)oc2c(F)cc(-c3cnn(C)c3)cc12. The number of nitrogens with one attached hydrogen (secondary N) is 1. The number of aryl methyl sites for hydroxylation is 1. The van der Waals surface area contributed by atoms with Crippen LogP contribution in [-0.2, 0) is 16.5 Å². The number of rotatable bonds is 9. The van der Waals surface area contributed by atoms with Gasteiger partial charge in [-0.05, 0) is 56.0 Å². The third-order valence-electron chi connectivity index (χ3n) is 6.70.